The van der Waals surface area contributed by atoms with Gasteiger partial charge < -0.3 is 14.8 Å². The summed E-state index contributed by atoms with van der Waals surface area (Å²) >= 11 is 12.0. The Morgan fingerprint density at radius 1 is 1.00 bits per heavy atom. The second-order valence-electron chi connectivity index (χ2n) is 5.19. The molecule has 0 heterocycles. The first-order chi connectivity index (χ1) is 11.2. The zero-order chi connectivity index (χ0) is 16.5. The lowest BCUT2D eigenvalue weighted by Gasteiger charge is -2.13. The molecule has 0 unspecified atom stereocenters. The Hall–Kier alpha value is -0.970. The van der Waals surface area contributed by atoms with Gasteiger partial charge in [0.2, 0.25) is 0 Å². The molecular weight excluding hydrogens is 369 g/mol. The van der Waals surface area contributed by atoms with E-state index in [1.165, 1.54) is 0 Å². The Labute approximate surface area is 159 Å². The molecule has 0 saturated carbocycles. The van der Waals surface area contributed by atoms with Gasteiger partial charge in [-0.2, -0.15) is 0 Å². The maximum atomic E-state index is 6.10. The third-order valence-electron chi connectivity index (χ3n) is 3.35. The Morgan fingerprint density at radius 2 is 1.71 bits per heavy atom. The summed E-state index contributed by atoms with van der Waals surface area (Å²) in [7, 11) is 1.71. The number of methoxy groups -OCH3 is 1. The summed E-state index contributed by atoms with van der Waals surface area (Å²) in [5, 5.41) is 4.80. The molecule has 2 aromatic carbocycles. The van der Waals surface area contributed by atoms with Crippen LogP contribution in [0.3, 0.4) is 0 Å². The molecule has 0 aliphatic rings. The molecule has 132 valence electrons. The van der Waals surface area contributed by atoms with E-state index in [2.05, 4.69) is 5.32 Å². The van der Waals surface area contributed by atoms with Gasteiger partial charge in [-0.15, -0.1) is 12.4 Å². The summed E-state index contributed by atoms with van der Waals surface area (Å²) in [6.45, 7) is 2.84. The van der Waals surface area contributed by atoms with E-state index in [-0.39, 0.29) is 12.4 Å². The van der Waals surface area contributed by atoms with Crippen molar-refractivity contribution in [2.45, 2.75) is 19.6 Å². The monoisotopic (exact) mass is 389 g/mol. The molecule has 6 heteroatoms. The highest BCUT2D eigenvalue weighted by Crippen LogP contribution is 2.24. The van der Waals surface area contributed by atoms with Crippen molar-refractivity contribution in [3.05, 3.63) is 63.6 Å². The van der Waals surface area contributed by atoms with Crippen molar-refractivity contribution in [2.75, 3.05) is 20.3 Å². The van der Waals surface area contributed by atoms with Gasteiger partial charge >= 0.3 is 0 Å². The lowest BCUT2D eigenvalue weighted by atomic mass is 10.2. The van der Waals surface area contributed by atoms with Crippen LogP contribution in [-0.2, 0) is 17.9 Å². The molecule has 2 aromatic rings. The molecule has 3 nitrogen and oxygen atoms in total. The molecule has 24 heavy (non-hydrogen) atoms. The van der Waals surface area contributed by atoms with E-state index in [0.717, 1.165) is 41.5 Å². The average Bonchev–Trinajstić information content (AvgIpc) is 2.55. The van der Waals surface area contributed by atoms with Crippen LogP contribution >= 0.6 is 35.6 Å². The smallest absolute Gasteiger partial charge is 0.124 e. The summed E-state index contributed by atoms with van der Waals surface area (Å²) in [6.07, 6.45) is 0.970. The van der Waals surface area contributed by atoms with E-state index < -0.39 is 0 Å². The van der Waals surface area contributed by atoms with Crippen LogP contribution < -0.4 is 10.1 Å². The van der Waals surface area contributed by atoms with Crippen LogP contribution in [0, 0.1) is 0 Å². The van der Waals surface area contributed by atoms with E-state index >= 15 is 0 Å². The molecule has 1 N–H and O–H groups in total. The van der Waals surface area contributed by atoms with E-state index in [1.807, 2.05) is 42.5 Å². The predicted octanol–water partition coefficient (Wildman–Crippen LogP) is 5.12. The van der Waals surface area contributed by atoms with Crippen LogP contribution in [0.15, 0.2) is 42.5 Å². The summed E-state index contributed by atoms with van der Waals surface area (Å²) in [6, 6.07) is 13.3. The predicted molar refractivity (Wildman–Crippen MR) is 103 cm³/mol. The van der Waals surface area contributed by atoms with Crippen molar-refractivity contribution >= 4 is 35.6 Å². The van der Waals surface area contributed by atoms with Gasteiger partial charge in [0.05, 0.1) is 0 Å². The van der Waals surface area contributed by atoms with Gasteiger partial charge in [-0.3, -0.25) is 0 Å². The number of rotatable bonds is 9. The van der Waals surface area contributed by atoms with Crippen molar-refractivity contribution in [3.63, 3.8) is 0 Å². The first-order valence-electron chi connectivity index (χ1n) is 7.54. The average molecular weight is 391 g/mol. The highest BCUT2D eigenvalue weighted by molar-refractivity contribution is 6.30. The van der Waals surface area contributed by atoms with Gasteiger partial charge in [0.15, 0.2) is 0 Å². The second kappa shape index (κ2) is 11.6. The van der Waals surface area contributed by atoms with Crippen molar-refractivity contribution < 1.29 is 9.47 Å². The summed E-state index contributed by atoms with van der Waals surface area (Å²) in [5.74, 6) is 0.837. The molecular formula is C18H22Cl3NO2. The van der Waals surface area contributed by atoms with E-state index in [1.54, 1.807) is 7.11 Å². The molecule has 0 aromatic heterocycles. The molecule has 0 atom stereocenters. The Balaban J connectivity index is 0.00000288. The van der Waals surface area contributed by atoms with Crippen LogP contribution in [0.5, 0.6) is 5.75 Å². The highest BCUT2D eigenvalue weighted by atomic mass is 35.5. The maximum Gasteiger partial charge on any atom is 0.124 e. The molecule has 0 radical (unpaired) electrons. The molecule has 0 aliphatic heterocycles. The van der Waals surface area contributed by atoms with Crippen molar-refractivity contribution in [2.24, 2.45) is 0 Å². The fourth-order valence-electron chi connectivity index (χ4n) is 2.13. The topological polar surface area (TPSA) is 30.5 Å². The molecule has 2 rings (SSSR count). The molecule has 0 spiro atoms. The summed E-state index contributed by atoms with van der Waals surface area (Å²) < 4.78 is 11.0. The largest absolute Gasteiger partial charge is 0.489 e. The van der Waals surface area contributed by atoms with Crippen LogP contribution in [0.25, 0.3) is 0 Å². The standard InChI is InChI=1S/C18H21Cl2NO2.ClH/c1-22-10-2-9-21-12-15-11-17(20)7-8-18(15)23-13-14-3-5-16(19)6-4-14;/h3-8,11,21H,2,9-10,12-13H2,1H3;1H. The van der Waals surface area contributed by atoms with Crippen LogP contribution in [-0.4, -0.2) is 20.3 Å². The van der Waals surface area contributed by atoms with E-state index in [4.69, 9.17) is 32.7 Å². The molecule has 0 aliphatic carbocycles. The van der Waals surface area contributed by atoms with Gasteiger partial charge in [0.1, 0.15) is 12.4 Å². The molecule has 0 amide bonds. The minimum absolute atomic E-state index is 0. The molecule has 0 bridgehead atoms. The minimum atomic E-state index is 0. The SMILES string of the molecule is COCCCNCc1cc(Cl)ccc1OCc1ccc(Cl)cc1.Cl. The number of hydrogen-bond donors (Lipinski definition) is 1. The first-order valence-corrected chi connectivity index (χ1v) is 8.30. The minimum Gasteiger partial charge on any atom is -0.489 e. The summed E-state index contributed by atoms with van der Waals surface area (Å²) in [5.41, 5.74) is 2.12. The highest BCUT2D eigenvalue weighted by Gasteiger charge is 2.05. The third kappa shape index (κ3) is 7.29. The number of nitrogens with one attached hydrogen (secondary N) is 1. The second-order valence-corrected chi connectivity index (χ2v) is 6.06. The number of ether oxygens (including phenoxy) is 2. The first kappa shape index (κ1) is 21.1. The van der Waals surface area contributed by atoms with Crippen molar-refractivity contribution in [1.82, 2.24) is 5.32 Å². The number of halogens is 3. The quantitative estimate of drug-likeness (QED) is 0.603. The summed E-state index contributed by atoms with van der Waals surface area (Å²) in [4.78, 5) is 0. The van der Waals surface area contributed by atoms with Gasteiger partial charge in [0.25, 0.3) is 0 Å². The van der Waals surface area contributed by atoms with Crippen LogP contribution in [0.2, 0.25) is 10.0 Å². The Morgan fingerprint density at radius 3 is 2.42 bits per heavy atom. The van der Waals surface area contributed by atoms with Crippen LogP contribution in [0.4, 0.5) is 0 Å². The Kier molecular flexibility index (Phi) is 10.2. The number of benzene rings is 2. The fraction of sp³-hybridized carbons (Fsp3) is 0.333. The van der Waals surface area contributed by atoms with Gasteiger partial charge in [-0.25, -0.2) is 0 Å². The Bertz CT molecular complexity index is 606. The zero-order valence-corrected chi connectivity index (χ0v) is 15.9. The lowest BCUT2D eigenvalue weighted by molar-refractivity contribution is 0.194. The fourth-order valence-corrected chi connectivity index (χ4v) is 2.45. The third-order valence-corrected chi connectivity index (χ3v) is 3.83. The van der Waals surface area contributed by atoms with E-state index in [9.17, 15) is 0 Å². The van der Waals surface area contributed by atoms with Gasteiger partial charge in [-0.1, -0.05) is 35.3 Å². The van der Waals surface area contributed by atoms with E-state index in [0.29, 0.717) is 18.2 Å². The molecule has 0 saturated heterocycles. The number of hydrogen-bond acceptors (Lipinski definition) is 3. The van der Waals surface area contributed by atoms with Crippen molar-refractivity contribution in [1.29, 1.82) is 0 Å². The van der Waals surface area contributed by atoms with Crippen molar-refractivity contribution in [3.8, 4) is 5.75 Å². The zero-order valence-electron chi connectivity index (χ0n) is 13.6. The lowest BCUT2D eigenvalue weighted by Crippen LogP contribution is -2.16. The van der Waals surface area contributed by atoms with Gasteiger partial charge in [-0.05, 0) is 48.9 Å². The maximum absolute atomic E-state index is 6.10. The normalized spacial score (nSPS) is 10.3. The molecule has 0 fully saturated rings. The van der Waals surface area contributed by atoms with Crippen LogP contribution in [0.1, 0.15) is 17.5 Å². The van der Waals surface area contributed by atoms with Gasteiger partial charge in [0, 0.05) is 35.9 Å².